The fourth-order valence-corrected chi connectivity index (χ4v) is 2.16. The molecule has 1 aromatic rings. The molecule has 6 nitrogen and oxygen atoms in total. The lowest BCUT2D eigenvalue weighted by Crippen LogP contribution is -2.50. The van der Waals surface area contributed by atoms with Crippen LogP contribution in [0.3, 0.4) is 0 Å². The molecule has 1 heterocycles. The molecule has 0 radical (unpaired) electrons. The highest BCUT2D eigenvalue weighted by Crippen LogP contribution is 2.22. The highest BCUT2D eigenvalue weighted by atomic mass is 16.5. The number of rotatable bonds is 8. The van der Waals surface area contributed by atoms with E-state index in [9.17, 15) is 0 Å². The van der Waals surface area contributed by atoms with Crippen molar-refractivity contribution in [1.82, 2.24) is 20.7 Å². The summed E-state index contributed by atoms with van der Waals surface area (Å²) in [4.78, 5) is 6.44. The van der Waals surface area contributed by atoms with Gasteiger partial charge in [0.1, 0.15) is 0 Å². The van der Waals surface area contributed by atoms with Crippen molar-refractivity contribution in [3.8, 4) is 0 Å². The molecular formula is C17H33N5O. The smallest absolute Gasteiger partial charge is 0.191 e. The van der Waals surface area contributed by atoms with Gasteiger partial charge in [0.15, 0.2) is 11.7 Å². The average molecular weight is 323 g/mol. The van der Waals surface area contributed by atoms with Crippen LogP contribution in [0, 0.1) is 0 Å². The van der Waals surface area contributed by atoms with Crippen molar-refractivity contribution < 1.29 is 4.52 Å². The van der Waals surface area contributed by atoms with E-state index < -0.39 is 0 Å². The second kappa shape index (κ2) is 8.91. The largest absolute Gasteiger partial charge is 0.359 e. The van der Waals surface area contributed by atoms with Crippen molar-refractivity contribution in [3.63, 3.8) is 0 Å². The molecular weight excluding hydrogens is 290 g/mol. The third-order valence-electron chi connectivity index (χ3n) is 4.53. The lowest BCUT2D eigenvalue weighted by atomic mass is 9.99. The lowest BCUT2D eigenvalue weighted by Gasteiger charge is -2.33. The molecule has 23 heavy (non-hydrogen) atoms. The molecule has 0 aromatic carbocycles. The molecule has 0 bridgehead atoms. The van der Waals surface area contributed by atoms with Gasteiger partial charge >= 0.3 is 0 Å². The van der Waals surface area contributed by atoms with Crippen LogP contribution in [0.4, 0.5) is 0 Å². The Hall–Kier alpha value is -1.56. The predicted octanol–water partition coefficient (Wildman–Crippen LogP) is 2.58. The molecule has 1 rings (SSSR count). The third kappa shape index (κ3) is 5.86. The molecule has 0 aliphatic rings. The molecule has 0 spiro atoms. The fourth-order valence-electron chi connectivity index (χ4n) is 2.16. The van der Waals surface area contributed by atoms with Crippen LogP contribution in [0.2, 0.25) is 0 Å². The molecule has 1 aromatic heterocycles. The Morgan fingerprint density at radius 3 is 2.48 bits per heavy atom. The lowest BCUT2D eigenvalue weighted by molar-refractivity contribution is 0.197. The van der Waals surface area contributed by atoms with E-state index in [1.807, 2.05) is 6.07 Å². The molecule has 132 valence electrons. The van der Waals surface area contributed by atoms with Gasteiger partial charge in [0, 0.05) is 31.1 Å². The summed E-state index contributed by atoms with van der Waals surface area (Å²) < 4.78 is 5.42. The second-order valence-corrected chi connectivity index (χ2v) is 6.72. The molecule has 6 heteroatoms. The molecule has 0 fully saturated rings. The minimum absolute atomic E-state index is 0.0481. The molecule has 0 aliphatic carbocycles. The quantitative estimate of drug-likeness (QED) is 0.568. The highest BCUT2D eigenvalue weighted by Gasteiger charge is 2.20. The first-order valence-corrected chi connectivity index (χ1v) is 8.41. The number of aromatic nitrogens is 1. The van der Waals surface area contributed by atoms with Crippen LogP contribution >= 0.6 is 0 Å². The molecule has 2 N–H and O–H groups in total. The van der Waals surface area contributed by atoms with Gasteiger partial charge in [-0.05, 0) is 40.8 Å². The Labute approximate surface area is 140 Å². The summed E-state index contributed by atoms with van der Waals surface area (Å²) in [7, 11) is 5.92. The first kappa shape index (κ1) is 19.5. The summed E-state index contributed by atoms with van der Waals surface area (Å²) in [6.45, 7) is 10.1. The van der Waals surface area contributed by atoms with Gasteiger partial charge in [-0.25, -0.2) is 0 Å². The predicted molar refractivity (Wildman–Crippen MR) is 95.8 cm³/mol. The Morgan fingerprint density at radius 1 is 1.30 bits per heavy atom. The van der Waals surface area contributed by atoms with Gasteiger partial charge in [0.05, 0.1) is 12.2 Å². The van der Waals surface area contributed by atoms with Crippen LogP contribution in [-0.2, 0) is 6.54 Å². The van der Waals surface area contributed by atoms with E-state index in [1.165, 1.54) is 0 Å². The summed E-state index contributed by atoms with van der Waals surface area (Å²) in [5.41, 5.74) is 1.09. The standard InChI is InChI=1S/C17H33N5O/c1-8-13(9-2)15-10-14(23-21-15)11-19-16(18-5)20-12-17(3,4)22(6)7/h10,13H,8-9,11-12H2,1-7H3,(H2,18,19,20). The van der Waals surface area contributed by atoms with E-state index in [0.717, 1.165) is 36.8 Å². The van der Waals surface area contributed by atoms with Gasteiger partial charge in [-0.15, -0.1) is 0 Å². The van der Waals surface area contributed by atoms with Crippen LogP contribution < -0.4 is 10.6 Å². The number of aliphatic imine (C=N–C) groups is 1. The monoisotopic (exact) mass is 323 g/mol. The maximum Gasteiger partial charge on any atom is 0.191 e. The normalized spacial score (nSPS) is 13.0. The molecule has 0 atom stereocenters. The zero-order chi connectivity index (χ0) is 17.5. The second-order valence-electron chi connectivity index (χ2n) is 6.72. The van der Waals surface area contributed by atoms with E-state index in [1.54, 1.807) is 7.05 Å². The number of nitrogens with one attached hydrogen (secondary N) is 2. The zero-order valence-electron chi connectivity index (χ0n) is 15.7. The molecule has 0 saturated heterocycles. The Kier molecular flexibility index (Phi) is 7.55. The minimum Gasteiger partial charge on any atom is -0.359 e. The average Bonchev–Trinajstić information content (AvgIpc) is 2.97. The van der Waals surface area contributed by atoms with Gasteiger partial charge in [-0.1, -0.05) is 19.0 Å². The van der Waals surface area contributed by atoms with Crippen molar-refractivity contribution >= 4 is 5.96 Å². The van der Waals surface area contributed by atoms with Crippen LogP contribution in [0.1, 0.15) is 57.9 Å². The van der Waals surface area contributed by atoms with Gasteiger partial charge in [0.25, 0.3) is 0 Å². The first-order valence-electron chi connectivity index (χ1n) is 8.41. The van der Waals surface area contributed by atoms with E-state index in [4.69, 9.17) is 4.52 Å². The van der Waals surface area contributed by atoms with Crippen LogP contribution in [-0.4, -0.2) is 49.2 Å². The maximum atomic E-state index is 5.42. The topological polar surface area (TPSA) is 65.7 Å². The van der Waals surface area contributed by atoms with Crippen LogP contribution in [0.15, 0.2) is 15.6 Å². The van der Waals surface area contributed by atoms with Crippen molar-refractivity contribution in [2.24, 2.45) is 4.99 Å². The number of hydrogen-bond donors (Lipinski definition) is 2. The fraction of sp³-hybridized carbons (Fsp3) is 0.765. The van der Waals surface area contributed by atoms with Crippen molar-refractivity contribution in [2.45, 2.75) is 58.5 Å². The van der Waals surface area contributed by atoms with E-state index in [-0.39, 0.29) is 5.54 Å². The van der Waals surface area contributed by atoms with Gasteiger partial charge in [0.2, 0.25) is 0 Å². The Balaban J connectivity index is 2.52. The molecule has 0 aliphatic heterocycles. The van der Waals surface area contributed by atoms with E-state index in [0.29, 0.717) is 12.5 Å². The molecule has 0 unspecified atom stereocenters. The number of guanidine groups is 1. The Bertz CT molecular complexity index is 489. The highest BCUT2D eigenvalue weighted by molar-refractivity contribution is 5.79. The summed E-state index contributed by atoms with van der Waals surface area (Å²) in [6.07, 6.45) is 2.16. The molecule has 0 saturated carbocycles. The van der Waals surface area contributed by atoms with Gasteiger partial charge < -0.3 is 20.1 Å². The first-order chi connectivity index (χ1) is 10.8. The van der Waals surface area contributed by atoms with Crippen molar-refractivity contribution in [1.29, 1.82) is 0 Å². The van der Waals surface area contributed by atoms with Crippen LogP contribution in [0.25, 0.3) is 0 Å². The minimum atomic E-state index is 0.0481. The summed E-state index contributed by atoms with van der Waals surface area (Å²) in [5, 5.41) is 10.8. The zero-order valence-corrected chi connectivity index (χ0v) is 15.7. The summed E-state index contributed by atoms with van der Waals surface area (Å²) >= 11 is 0. The Morgan fingerprint density at radius 2 is 1.96 bits per heavy atom. The van der Waals surface area contributed by atoms with Gasteiger partial charge in [-0.2, -0.15) is 0 Å². The summed E-state index contributed by atoms with van der Waals surface area (Å²) in [6, 6.07) is 2.04. The van der Waals surface area contributed by atoms with Crippen molar-refractivity contribution in [2.75, 3.05) is 27.7 Å². The van der Waals surface area contributed by atoms with Crippen LogP contribution in [0.5, 0.6) is 0 Å². The summed E-state index contributed by atoms with van der Waals surface area (Å²) in [5.74, 6) is 2.08. The van der Waals surface area contributed by atoms with E-state index >= 15 is 0 Å². The third-order valence-corrected chi connectivity index (χ3v) is 4.53. The van der Waals surface area contributed by atoms with Crippen molar-refractivity contribution in [3.05, 3.63) is 17.5 Å². The number of nitrogens with zero attached hydrogens (tertiary/aromatic N) is 3. The molecule has 0 amide bonds. The number of hydrogen-bond acceptors (Lipinski definition) is 4. The van der Waals surface area contributed by atoms with E-state index in [2.05, 4.69) is 67.5 Å². The SMILES string of the molecule is CCC(CC)c1cc(CNC(=NC)NCC(C)(C)N(C)C)on1. The maximum absolute atomic E-state index is 5.42. The van der Waals surface area contributed by atoms with Gasteiger partial charge in [-0.3, -0.25) is 4.99 Å². The number of likely N-dealkylation sites (N-methyl/N-ethyl adjacent to an activating group) is 1.